The first-order valence-electron chi connectivity index (χ1n) is 8.17. The number of phenols is 1. The fourth-order valence-corrected chi connectivity index (χ4v) is 3.10. The van der Waals surface area contributed by atoms with Gasteiger partial charge in [0.05, 0.1) is 6.04 Å². The van der Waals surface area contributed by atoms with Crippen molar-refractivity contribution in [1.29, 1.82) is 0 Å². The van der Waals surface area contributed by atoms with Crippen LogP contribution in [-0.2, 0) is 11.2 Å². The number of hydrogen-bond donors (Lipinski definition) is 3. The Kier molecular flexibility index (Phi) is 4.88. The molecule has 25 heavy (non-hydrogen) atoms. The SMILES string of the molecule is NC(=O)COc1cccc(C(=O)NC2CCCc3c(O)cccc32)c1. The van der Waals surface area contributed by atoms with Gasteiger partial charge in [-0.1, -0.05) is 18.2 Å². The van der Waals surface area contributed by atoms with Gasteiger partial charge in [0.15, 0.2) is 6.61 Å². The van der Waals surface area contributed by atoms with Crippen LogP contribution in [0.15, 0.2) is 42.5 Å². The number of benzene rings is 2. The first-order valence-corrected chi connectivity index (χ1v) is 8.17. The molecule has 2 aromatic rings. The topological polar surface area (TPSA) is 102 Å². The summed E-state index contributed by atoms with van der Waals surface area (Å²) in [4.78, 5) is 23.4. The van der Waals surface area contributed by atoms with Gasteiger partial charge in [0, 0.05) is 5.56 Å². The molecule has 0 saturated carbocycles. The van der Waals surface area contributed by atoms with Crippen LogP contribution in [0.3, 0.4) is 0 Å². The molecule has 0 saturated heterocycles. The van der Waals surface area contributed by atoms with E-state index in [0.717, 1.165) is 30.4 Å². The van der Waals surface area contributed by atoms with Crippen LogP contribution in [0.2, 0.25) is 0 Å². The van der Waals surface area contributed by atoms with Crippen LogP contribution in [0.5, 0.6) is 11.5 Å². The smallest absolute Gasteiger partial charge is 0.255 e. The molecule has 0 aliphatic heterocycles. The molecule has 1 atom stereocenters. The predicted molar refractivity (Wildman–Crippen MR) is 92.4 cm³/mol. The number of phenolic OH excluding ortho intramolecular Hbond substituents is 1. The Balaban J connectivity index is 1.74. The first kappa shape index (κ1) is 16.8. The molecule has 0 bridgehead atoms. The molecule has 0 fully saturated rings. The largest absolute Gasteiger partial charge is 0.508 e. The van der Waals surface area contributed by atoms with Crippen molar-refractivity contribution >= 4 is 11.8 Å². The van der Waals surface area contributed by atoms with Gasteiger partial charge in [-0.3, -0.25) is 9.59 Å². The summed E-state index contributed by atoms with van der Waals surface area (Å²) in [5.41, 5.74) is 7.35. The summed E-state index contributed by atoms with van der Waals surface area (Å²) < 4.78 is 5.23. The highest BCUT2D eigenvalue weighted by Crippen LogP contribution is 2.34. The van der Waals surface area contributed by atoms with Crippen molar-refractivity contribution in [2.45, 2.75) is 25.3 Å². The van der Waals surface area contributed by atoms with Crippen LogP contribution in [-0.4, -0.2) is 23.5 Å². The Hall–Kier alpha value is -3.02. The Morgan fingerprint density at radius 3 is 2.84 bits per heavy atom. The third-order valence-electron chi connectivity index (χ3n) is 4.27. The minimum Gasteiger partial charge on any atom is -0.508 e. The Morgan fingerprint density at radius 2 is 2.04 bits per heavy atom. The molecule has 130 valence electrons. The van der Waals surface area contributed by atoms with E-state index in [1.54, 1.807) is 36.4 Å². The highest BCUT2D eigenvalue weighted by molar-refractivity contribution is 5.95. The van der Waals surface area contributed by atoms with E-state index in [0.29, 0.717) is 11.3 Å². The lowest BCUT2D eigenvalue weighted by atomic mass is 9.87. The van der Waals surface area contributed by atoms with Crippen LogP contribution >= 0.6 is 0 Å². The number of amides is 2. The van der Waals surface area contributed by atoms with Crippen molar-refractivity contribution in [3.05, 3.63) is 59.2 Å². The third-order valence-corrected chi connectivity index (χ3v) is 4.27. The van der Waals surface area contributed by atoms with Crippen LogP contribution in [0.4, 0.5) is 0 Å². The molecule has 1 unspecified atom stereocenters. The standard InChI is InChI=1S/C19H20N2O4/c20-18(23)11-25-13-5-1-4-12(10-13)19(24)21-16-8-2-7-15-14(16)6-3-9-17(15)22/h1,3-6,9-10,16,22H,2,7-8,11H2,(H2,20,23)(H,21,24). The summed E-state index contributed by atoms with van der Waals surface area (Å²) in [5.74, 6) is -0.120. The molecule has 2 aromatic carbocycles. The van der Waals surface area contributed by atoms with Gasteiger partial charge in [-0.25, -0.2) is 0 Å². The van der Waals surface area contributed by atoms with E-state index < -0.39 is 5.91 Å². The number of fused-ring (bicyclic) bond motifs is 1. The van der Waals surface area contributed by atoms with Crippen LogP contribution in [0.25, 0.3) is 0 Å². The minimum atomic E-state index is -0.575. The second-order valence-electron chi connectivity index (χ2n) is 6.05. The van der Waals surface area contributed by atoms with Crippen molar-refractivity contribution in [3.8, 4) is 11.5 Å². The molecule has 6 nitrogen and oxygen atoms in total. The fraction of sp³-hybridized carbons (Fsp3) is 0.263. The Labute approximate surface area is 145 Å². The number of nitrogens with one attached hydrogen (secondary N) is 1. The molecule has 0 radical (unpaired) electrons. The van der Waals surface area contributed by atoms with Crippen molar-refractivity contribution in [2.75, 3.05) is 6.61 Å². The minimum absolute atomic E-state index is 0.140. The van der Waals surface area contributed by atoms with Gasteiger partial charge >= 0.3 is 0 Å². The number of carbonyl (C=O) groups is 2. The van der Waals surface area contributed by atoms with Gasteiger partial charge in [-0.15, -0.1) is 0 Å². The lowest BCUT2D eigenvalue weighted by Crippen LogP contribution is -2.31. The number of ether oxygens (including phenoxy) is 1. The predicted octanol–water partition coefficient (Wildman–Crippen LogP) is 2.06. The number of rotatable bonds is 5. The molecule has 4 N–H and O–H groups in total. The van der Waals surface area contributed by atoms with Crippen molar-refractivity contribution in [1.82, 2.24) is 5.32 Å². The maximum atomic E-state index is 12.6. The van der Waals surface area contributed by atoms with Gasteiger partial charge in [-0.05, 0) is 54.7 Å². The van der Waals surface area contributed by atoms with Crippen molar-refractivity contribution in [3.63, 3.8) is 0 Å². The van der Waals surface area contributed by atoms with Crippen LogP contribution in [0, 0.1) is 0 Å². The molecular weight excluding hydrogens is 320 g/mol. The molecule has 0 spiro atoms. The van der Waals surface area contributed by atoms with Crippen LogP contribution < -0.4 is 15.8 Å². The molecular formula is C19H20N2O4. The first-order chi connectivity index (χ1) is 12.0. The zero-order chi connectivity index (χ0) is 17.8. The summed E-state index contributed by atoms with van der Waals surface area (Å²) in [5, 5.41) is 13.0. The van der Waals surface area contributed by atoms with E-state index >= 15 is 0 Å². The summed E-state index contributed by atoms with van der Waals surface area (Å²) in [7, 11) is 0. The third kappa shape index (κ3) is 3.91. The summed E-state index contributed by atoms with van der Waals surface area (Å²) >= 11 is 0. The van der Waals surface area contributed by atoms with E-state index in [4.69, 9.17) is 10.5 Å². The summed E-state index contributed by atoms with van der Waals surface area (Å²) in [6.45, 7) is -0.236. The highest BCUT2D eigenvalue weighted by atomic mass is 16.5. The zero-order valence-electron chi connectivity index (χ0n) is 13.7. The van der Waals surface area contributed by atoms with E-state index in [9.17, 15) is 14.7 Å². The average molecular weight is 340 g/mol. The number of carbonyl (C=O) groups excluding carboxylic acids is 2. The maximum absolute atomic E-state index is 12.6. The van der Waals surface area contributed by atoms with Crippen molar-refractivity contribution in [2.24, 2.45) is 5.73 Å². The van der Waals surface area contributed by atoms with Gasteiger partial charge in [0.2, 0.25) is 0 Å². The molecule has 1 aliphatic carbocycles. The number of aromatic hydroxyl groups is 1. The van der Waals surface area contributed by atoms with Crippen molar-refractivity contribution < 1.29 is 19.4 Å². The fourth-order valence-electron chi connectivity index (χ4n) is 3.10. The number of hydrogen-bond acceptors (Lipinski definition) is 4. The van der Waals surface area contributed by atoms with Gasteiger partial charge < -0.3 is 20.9 Å². The highest BCUT2D eigenvalue weighted by Gasteiger charge is 2.24. The number of nitrogens with two attached hydrogens (primary N) is 1. The molecule has 0 aromatic heterocycles. The average Bonchev–Trinajstić information content (AvgIpc) is 2.61. The van der Waals surface area contributed by atoms with E-state index in [1.807, 2.05) is 6.07 Å². The Bertz CT molecular complexity index is 804. The van der Waals surface area contributed by atoms with Gasteiger partial charge in [0.25, 0.3) is 11.8 Å². The monoisotopic (exact) mass is 340 g/mol. The molecule has 6 heteroatoms. The quantitative estimate of drug-likeness (QED) is 0.775. The van der Waals surface area contributed by atoms with E-state index in [1.165, 1.54) is 0 Å². The Morgan fingerprint density at radius 1 is 1.24 bits per heavy atom. The van der Waals surface area contributed by atoms with Gasteiger partial charge in [-0.2, -0.15) is 0 Å². The lowest BCUT2D eigenvalue weighted by Gasteiger charge is -2.27. The normalized spacial score (nSPS) is 15.9. The maximum Gasteiger partial charge on any atom is 0.255 e. The zero-order valence-corrected chi connectivity index (χ0v) is 13.7. The molecule has 1 aliphatic rings. The number of primary amides is 1. The second-order valence-corrected chi connectivity index (χ2v) is 6.05. The van der Waals surface area contributed by atoms with E-state index in [-0.39, 0.29) is 24.3 Å². The lowest BCUT2D eigenvalue weighted by molar-refractivity contribution is -0.119. The van der Waals surface area contributed by atoms with Crippen LogP contribution in [0.1, 0.15) is 40.4 Å². The second kappa shape index (κ2) is 7.25. The van der Waals surface area contributed by atoms with Gasteiger partial charge in [0.1, 0.15) is 11.5 Å². The van der Waals surface area contributed by atoms with E-state index in [2.05, 4.69) is 5.32 Å². The summed E-state index contributed by atoms with van der Waals surface area (Å²) in [6.07, 6.45) is 2.53. The molecule has 3 rings (SSSR count). The molecule has 0 heterocycles. The molecule has 2 amide bonds. The summed E-state index contributed by atoms with van der Waals surface area (Å²) in [6, 6.07) is 11.9.